The van der Waals surface area contributed by atoms with Crippen LogP contribution >= 0.6 is 11.8 Å². The molecule has 1 aromatic rings. The molecule has 4 nitrogen and oxygen atoms in total. The average molecular weight is 266 g/mol. The van der Waals surface area contributed by atoms with E-state index < -0.39 is 0 Å². The minimum Gasteiger partial charge on any atom is -0.348 e. The van der Waals surface area contributed by atoms with Gasteiger partial charge in [0.2, 0.25) is 11.8 Å². The summed E-state index contributed by atoms with van der Waals surface area (Å²) >= 11 is 1.50. The molecule has 2 amide bonds. The normalized spacial score (nSPS) is 11.8. The molecular weight excluding hydrogens is 248 g/mol. The van der Waals surface area contributed by atoms with Gasteiger partial charge in [-0.1, -0.05) is 0 Å². The van der Waals surface area contributed by atoms with Crippen molar-refractivity contribution in [3.63, 3.8) is 0 Å². The van der Waals surface area contributed by atoms with Crippen LogP contribution < -0.4 is 5.32 Å². The molecule has 0 aliphatic heterocycles. The summed E-state index contributed by atoms with van der Waals surface area (Å²) in [6, 6.07) is 7.46. The van der Waals surface area contributed by atoms with Crippen LogP contribution in [0.2, 0.25) is 0 Å². The van der Waals surface area contributed by atoms with E-state index in [9.17, 15) is 9.59 Å². The van der Waals surface area contributed by atoms with E-state index in [2.05, 4.69) is 5.32 Å². The third kappa shape index (κ3) is 4.41. The molecule has 1 rings (SSSR count). The molecule has 1 N–H and O–H groups in total. The fraction of sp³-hybridized carbons (Fsp3) is 0.385. The van der Waals surface area contributed by atoms with Crippen molar-refractivity contribution in [2.75, 3.05) is 19.4 Å². The van der Waals surface area contributed by atoms with E-state index in [0.29, 0.717) is 0 Å². The molecular formula is C13H18N2O2S. The zero-order valence-corrected chi connectivity index (χ0v) is 11.9. The monoisotopic (exact) mass is 266 g/mol. The van der Waals surface area contributed by atoms with E-state index in [-0.39, 0.29) is 17.1 Å². The van der Waals surface area contributed by atoms with Gasteiger partial charge in [0.05, 0.1) is 5.25 Å². The number of nitrogens with one attached hydrogen (secondary N) is 1. The Morgan fingerprint density at radius 3 is 2.22 bits per heavy atom. The summed E-state index contributed by atoms with van der Waals surface area (Å²) in [7, 11) is 3.50. The van der Waals surface area contributed by atoms with Crippen molar-refractivity contribution in [1.29, 1.82) is 0 Å². The van der Waals surface area contributed by atoms with Crippen molar-refractivity contribution in [2.45, 2.75) is 24.0 Å². The molecule has 1 atom stereocenters. The topological polar surface area (TPSA) is 49.4 Å². The number of hydrogen-bond acceptors (Lipinski definition) is 3. The quantitative estimate of drug-likeness (QED) is 0.850. The van der Waals surface area contributed by atoms with Gasteiger partial charge in [0.15, 0.2) is 0 Å². The lowest BCUT2D eigenvalue weighted by Gasteiger charge is -2.16. The van der Waals surface area contributed by atoms with Gasteiger partial charge in [0, 0.05) is 31.6 Å². The number of amides is 2. The smallest absolute Gasteiger partial charge is 0.235 e. The first-order valence-electron chi connectivity index (χ1n) is 5.65. The first-order valence-corrected chi connectivity index (χ1v) is 6.53. The maximum Gasteiger partial charge on any atom is 0.235 e. The number of anilines is 1. The molecule has 0 aromatic heterocycles. The van der Waals surface area contributed by atoms with Gasteiger partial charge in [0.25, 0.3) is 0 Å². The summed E-state index contributed by atoms with van der Waals surface area (Å²) in [6.45, 7) is 3.36. The summed E-state index contributed by atoms with van der Waals surface area (Å²) in [5, 5.41) is 2.58. The fourth-order valence-corrected chi connectivity index (χ4v) is 2.45. The van der Waals surface area contributed by atoms with Crippen molar-refractivity contribution in [1.82, 2.24) is 4.90 Å². The molecule has 0 spiro atoms. The van der Waals surface area contributed by atoms with Gasteiger partial charge >= 0.3 is 0 Å². The molecule has 0 unspecified atom stereocenters. The number of carbonyl (C=O) groups excluding carboxylic acids is 2. The van der Waals surface area contributed by atoms with Gasteiger partial charge in [0.1, 0.15) is 0 Å². The standard InChI is InChI=1S/C13H18N2O2S/c1-9(13(17)15(3)4)18-12-7-5-11(6-8-12)14-10(2)16/h5-9H,1-4H3,(H,14,16)/t9-/m0/s1. The van der Waals surface area contributed by atoms with E-state index in [1.54, 1.807) is 19.0 Å². The van der Waals surface area contributed by atoms with Crippen LogP contribution in [0.1, 0.15) is 13.8 Å². The van der Waals surface area contributed by atoms with Gasteiger partial charge in [-0.3, -0.25) is 9.59 Å². The van der Waals surface area contributed by atoms with Crippen LogP contribution in [-0.4, -0.2) is 36.1 Å². The van der Waals surface area contributed by atoms with Gasteiger partial charge in [-0.25, -0.2) is 0 Å². The number of carbonyl (C=O) groups is 2. The number of hydrogen-bond donors (Lipinski definition) is 1. The highest BCUT2D eigenvalue weighted by molar-refractivity contribution is 8.00. The van der Waals surface area contributed by atoms with Gasteiger partial charge in [-0.2, -0.15) is 0 Å². The second-order valence-corrected chi connectivity index (χ2v) is 5.61. The van der Waals surface area contributed by atoms with Crippen LogP contribution in [0.3, 0.4) is 0 Å². The Morgan fingerprint density at radius 1 is 1.22 bits per heavy atom. The highest BCUT2D eigenvalue weighted by atomic mass is 32.2. The number of rotatable bonds is 4. The van der Waals surface area contributed by atoms with Crippen LogP contribution in [0.25, 0.3) is 0 Å². The first-order chi connectivity index (χ1) is 8.40. The van der Waals surface area contributed by atoms with Crippen LogP contribution in [-0.2, 0) is 9.59 Å². The molecule has 5 heteroatoms. The summed E-state index contributed by atoms with van der Waals surface area (Å²) < 4.78 is 0. The zero-order chi connectivity index (χ0) is 13.7. The Balaban J connectivity index is 2.63. The maximum atomic E-state index is 11.7. The molecule has 0 bridgehead atoms. The predicted octanol–water partition coefficient (Wildman–Crippen LogP) is 2.21. The lowest BCUT2D eigenvalue weighted by atomic mass is 10.3. The SMILES string of the molecule is CC(=O)Nc1ccc(S[C@@H](C)C(=O)N(C)C)cc1. The Labute approximate surface area is 112 Å². The van der Waals surface area contributed by atoms with Gasteiger partial charge in [-0.15, -0.1) is 11.8 Å². The van der Waals surface area contributed by atoms with Crippen LogP contribution in [0.15, 0.2) is 29.2 Å². The third-order valence-corrected chi connectivity index (χ3v) is 3.38. The van der Waals surface area contributed by atoms with E-state index in [4.69, 9.17) is 0 Å². The first kappa shape index (κ1) is 14.6. The van der Waals surface area contributed by atoms with Gasteiger partial charge < -0.3 is 10.2 Å². The Bertz CT molecular complexity index is 429. The second kappa shape index (κ2) is 6.44. The zero-order valence-electron chi connectivity index (χ0n) is 11.1. The van der Waals surface area contributed by atoms with Crippen LogP contribution in [0.5, 0.6) is 0 Å². The lowest BCUT2D eigenvalue weighted by molar-refractivity contribution is -0.127. The summed E-state index contributed by atoms with van der Waals surface area (Å²) in [4.78, 5) is 25.2. The predicted molar refractivity (Wildman–Crippen MR) is 74.8 cm³/mol. The molecule has 0 aliphatic carbocycles. The van der Waals surface area contributed by atoms with E-state index in [1.165, 1.54) is 18.7 Å². The molecule has 0 fully saturated rings. The van der Waals surface area contributed by atoms with E-state index >= 15 is 0 Å². The summed E-state index contributed by atoms with van der Waals surface area (Å²) in [5.41, 5.74) is 0.762. The van der Waals surface area contributed by atoms with Crippen molar-refractivity contribution < 1.29 is 9.59 Å². The number of benzene rings is 1. The molecule has 0 radical (unpaired) electrons. The Kier molecular flexibility index (Phi) is 5.22. The average Bonchev–Trinajstić information content (AvgIpc) is 2.29. The van der Waals surface area contributed by atoms with Crippen molar-refractivity contribution in [3.8, 4) is 0 Å². The van der Waals surface area contributed by atoms with Crippen molar-refractivity contribution in [2.24, 2.45) is 0 Å². The second-order valence-electron chi connectivity index (χ2n) is 4.20. The molecule has 1 aromatic carbocycles. The maximum absolute atomic E-state index is 11.7. The highest BCUT2D eigenvalue weighted by Crippen LogP contribution is 2.25. The molecule has 0 heterocycles. The lowest BCUT2D eigenvalue weighted by Crippen LogP contribution is -2.29. The molecule has 0 saturated heterocycles. The minimum atomic E-state index is -0.119. The van der Waals surface area contributed by atoms with Crippen LogP contribution in [0, 0.1) is 0 Å². The van der Waals surface area contributed by atoms with E-state index in [1.807, 2.05) is 31.2 Å². The summed E-state index contributed by atoms with van der Waals surface area (Å²) in [5.74, 6) is -0.00232. The van der Waals surface area contributed by atoms with Crippen molar-refractivity contribution in [3.05, 3.63) is 24.3 Å². The number of nitrogens with zero attached hydrogens (tertiary/aromatic N) is 1. The summed E-state index contributed by atoms with van der Waals surface area (Å²) in [6.07, 6.45) is 0. The van der Waals surface area contributed by atoms with Crippen molar-refractivity contribution >= 4 is 29.3 Å². The highest BCUT2D eigenvalue weighted by Gasteiger charge is 2.15. The molecule has 0 aliphatic rings. The number of thioether (sulfide) groups is 1. The third-order valence-electron chi connectivity index (χ3n) is 2.28. The molecule has 18 heavy (non-hydrogen) atoms. The van der Waals surface area contributed by atoms with Gasteiger partial charge in [-0.05, 0) is 31.2 Å². The Hall–Kier alpha value is -1.49. The van der Waals surface area contributed by atoms with Crippen LogP contribution in [0.4, 0.5) is 5.69 Å². The van der Waals surface area contributed by atoms with E-state index in [0.717, 1.165) is 10.6 Å². The molecule has 98 valence electrons. The largest absolute Gasteiger partial charge is 0.348 e. The minimum absolute atomic E-state index is 0.0888. The fourth-order valence-electron chi connectivity index (χ4n) is 1.44. The Morgan fingerprint density at radius 2 is 1.78 bits per heavy atom. The molecule has 0 saturated carbocycles.